The van der Waals surface area contributed by atoms with Crippen molar-refractivity contribution < 1.29 is 9.53 Å². The lowest BCUT2D eigenvalue weighted by molar-refractivity contribution is 0.0680. The second-order valence-corrected chi connectivity index (χ2v) is 6.82. The molecule has 23 heavy (non-hydrogen) atoms. The van der Waals surface area contributed by atoms with E-state index in [0.717, 1.165) is 43.7 Å². The van der Waals surface area contributed by atoms with Crippen LogP contribution in [-0.2, 0) is 0 Å². The molecule has 0 saturated carbocycles. The lowest BCUT2D eigenvalue weighted by Gasteiger charge is -2.28. The van der Waals surface area contributed by atoms with Crippen molar-refractivity contribution in [2.45, 2.75) is 45.2 Å². The Kier molecular flexibility index (Phi) is 6.31. The van der Waals surface area contributed by atoms with Crippen LogP contribution in [0.1, 0.15) is 43.5 Å². The summed E-state index contributed by atoms with van der Waals surface area (Å²) < 4.78 is 5.76. The summed E-state index contributed by atoms with van der Waals surface area (Å²) in [5.74, 6) is 1.43. The van der Waals surface area contributed by atoms with E-state index in [-0.39, 0.29) is 18.3 Å². The molecule has 1 amide bonds. The fourth-order valence-electron chi connectivity index (χ4n) is 3.44. The summed E-state index contributed by atoms with van der Waals surface area (Å²) in [6.45, 7) is 6.86. The minimum atomic E-state index is 0. The fourth-order valence-corrected chi connectivity index (χ4v) is 3.44. The predicted molar refractivity (Wildman–Crippen MR) is 94.5 cm³/mol. The highest BCUT2D eigenvalue weighted by Crippen LogP contribution is 2.30. The van der Waals surface area contributed by atoms with Gasteiger partial charge in [-0.1, -0.05) is 19.9 Å². The van der Waals surface area contributed by atoms with Crippen molar-refractivity contribution in [3.8, 4) is 5.75 Å². The number of hydrogen-bond acceptors (Lipinski definition) is 3. The highest BCUT2D eigenvalue weighted by molar-refractivity contribution is 5.95. The highest BCUT2D eigenvalue weighted by Gasteiger charge is 2.38. The zero-order valence-corrected chi connectivity index (χ0v) is 14.8. The maximum atomic E-state index is 12.9. The average molecular weight is 339 g/mol. The summed E-state index contributed by atoms with van der Waals surface area (Å²) in [4.78, 5) is 15.1. The number of halogens is 1. The third-order valence-electron chi connectivity index (χ3n) is 4.55. The zero-order chi connectivity index (χ0) is 15.5. The van der Waals surface area contributed by atoms with Crippen molar-refractivity contribution in [2.75, 3.05) is 19.7 Å². The maximum Gasteiger partial charge on any atom is 0.254 e. The van der Waals surface area contributed by atoms with E-state index in [0.29, 0.717) is 24.6 Å². The Morgan fingerprint density at radius 2 is 2.09 bits per heavy atom. The molecular weight excluding hydrogens is 312 g/mol. The van der Waals surface area contributed by atoms with E-state index in [2.05, 4.69) is 24.1 Å². The molecule has 2 heterocycles. The Balaban J connectivity index is 0.00000192. The van der Waals surface area contributed by atoms with Crippen molar-refractivity contribution in [1.29, 1.82) is 0 Å². The van der Waals surface area contributed by atoms with Crippen molar-refractivity contribution in [2.24, 2.45) is 5.92 Å². The van der Waals surface area contributed by atoms with Crippen molar-refractivity contribution >= 4 is 18.3 Å². The summed E-state index contributed by atoms with van der Waals surface area (Å²) in [6.07, 6.45) is 3.32. The van der Waals surface area contributed by atoms with Crippen LogP contribution >= 0.6 is 12.4 Å². The van der Waals surface area contributed by atoms with Gasteiger partial charge in [-0.3, -0.25) is 4.79 Å². The number of fused-ring (bicyclic) bond motifs is 2. The van der Waals surface area contributed by atoms with Gasteiger partial charge < -0.3 is 15.0 Å². The first-order valence-corrected chi connectivity index (χ1v) is 8.41. The minimum Gasteiger partial charge on any atom is -0.493 e. The first-order valence-electron chi connectivity index (χ1n) is 8.41. The summed E-state index contributed by atoms with van der Waals surface area (Å²) in [6, 6.07) is 8.39. The van der Waals surface area contributed by atoms with Gasteiger partial charge in [-0.15, -0.1) is 12.4 Å². The van der Waals surface area contributed by atoms with Gasteiger partial charge in [0.15, 0.2) is 0 Å². The first kappa shape index (κ1) is 18.1. The van der Waals surface area contributed by atoms with Crippen molar-refractivity contribution in [3.05, 3.63) is 29.8 Å². The van der Waals surface area contributed by atoms with Crippen LogP contribution < -0.4 is 10.1 Å². The largest absolute Gasteiger partial charge is 0.493 e. The van der Waals surface area contributed by atoms with Gasteiger partial charge in [-0.2, -0.15) is 0 Å². The molecule has 2 saturated heterocycles. The zero-order valence-electron chi connectivity index (χ0n) is 14.0. The van der Waals surface area contributed by atoms with E-state index >= 15 is 0 Å². The van der Waals surface area contributed by atoms with Crippen LogP contribution in [0.15, 0.2) is 24.3 Å². The van der Waals surface area contributed by atoms with Gasteiger partial charge in [-0.25, -0.2) is 0 Å². The summed E-state index contributed by atoms with van der Waals surface area (Å²) in [7, 11) is 0. The number of amides is 1. The van der Waals surface area contributed by atoms with Crippen LogP contribution in [0.3, 0.4) is 0 Å². The number of rotatable bonds is 4. The van der Waals surface area contributed by atoms with E-state index in [9.17, 15) is 4.79 Å². The molecule has 5 heteroatoms. The van der Waals surface area contributed by atoms with E-state index in [1.807, 2.05) is 24.3 Å². The molecule has 0 radical (unpaired) electrons. The molecule has 3 rings (SSSR count). The fraction of sp³-hybridized carbons (Fsp3) is 0.611. The van der Waals surface area contributed by atoms with Gasteiger partial charge >= 0.3 is 0 Å². The number of ether oxygens (including phenoxy) is 1. The smallest absolute Gasteiger partial charge is 0.254 e. The van der Waals surface area contributed by atoms with Crippen LogP contribution in [0.4, 0.5) is 0 Å². The molecule has 1 aromatic carbocycles. The second-order valence-electron chi connectivity index (χ2n) is 6.82. The number of nitrogens with zero attached hydrogens (tertiary/aromatic N) is 1. The second kappa shape index (κ2) is 8.02. The van der Waals surface area contributed by atoms with E-state index < -0.39 is 0 Å². The van der Waals surface area contributed by atoms with Crippen LogP contribution in [0.5, 0.6) is 5.75 Å². The molecule has 1 aromatic rings. The first-order chi connectivity index (χ1) is 10.6. The third kappa shape index (κ3) is 4.18. The molecule has 128 valence electrons. The van der Waals surface area contributed by atoms with Gasteiger partial charge in [-0.05, 0) is 49.9 Å². The lowest BCUT2D eigenvalue weighted by atomic mass is 10.1. The average Bonchev–Trinajstić information content (AvgIpc) is 2.78. The Labute approximate surface area is 145 Å². The normalized spacial score (nSPS) is 23.3. The van der Waals surface area contributed by atoms with Crippen molar-refractivity contribution in [1.82, 2.24) is 10.2 Å². The summed E-state index contributed by atoms with van der Waals surface area (Å²) in [5, 5.41) is 3.44. The van der Waals surface area contributed by atoms with Crippen LogP contribution in [0, 0.1) is 5.92 Å². The Hall–Kier alpha value is -1.26. The molecule has 0 spiro atoms. The highest BCUT2D eigenvalue weighted by atomic mass is 35.5. The summed E-state index contributed by atoms with van der Waals surface area (Å²) >= 11 is 0. The molecule has 0 aliphatic carbocycles. The number of nitrogens with one attached hydrogen (secondary N) is 1. The predicted octanol–water partition coefficient (Wildman–Crippen LogP) is 3.11. The van der Waals surface area contributed by atoms with Gasteiger partial charge in [0, 0.05) is 24.2 Å². The molecule has 2 aliphatic heterocycles. The quantitative estimate of drug-likeness (QED) is 0.917. The van der Waals surface area contributed by atoms with Crippen LogP contribution in [0.25, 0.3) is 0 Å². The molecular formula is C18H27ClN2O2. The molecule has 2 fully saturated rings. The number of carbonyl (C=O) groups is 1. The summed E-state index contributed by atoms with van der Waals surface area (Å²) in [5.41, 5.74) is 0.750. The maximum absolute atomic E-state index is 12.9. The topological polar surface area (TPSA) is 41.6 Å². The Bertz CT molecular complexity index is 522. The van der Waals surface area contributed by atoms with Crippen LogP contribution in [-0.4, -0.2) is 42.6 Å². The SMILES string of the molecule is CC(C)COc1cccc(C(=O)N2C3CCNCC2CC3)c1.Cl. The molecule has 0 aromatic heterocycles. The molecule has 2 unspecified atom stereocenters. The minimum absolute atomic E-state index is 0. The van der Waals surface area contributed by atoms with Gasteiger partial charge in [0.2, 0.25) is 0 Å². The van der Waals surface area contributed by atoms with E-state index in [1.165, 1.54) is 0 Å². The van der Waals surface area contributed by atoms with Crippen molar-refractivity contribution in [3.63, 3.8) is 0 Å². The van der Waals surface area contributed by atoms with Gasteiger partial charge in [0.05, 0.1) is 6.61 Å². The number of carbonyl (C=O) groups excluding carboxylic acids is 1. The third-order valence-corrected chi connectivity index (χ3v) is 4.55. The molecule has 4 nitrogen and oxygen atoms in total. The molecule has 1 N–H and O–H groups in total. The molecule has 2 bridgehead atoms. The van der Waals surface area contributed by atoms with E-state index in [4.69, 9.17) is 4.74 Å². The lowest BCUT2D eigenvalue weighted by Crippen LogP contribution is -2.42. The monoisotopic (exact) mass is 338 g/mol. The van der Waals surface area contributed by atoms with Gasteiger partial charge in [0.1, 0.15) is 5.75 Å². The molecule has 2 aliphatic rings. The Morgan fingerprint density at radius 1 is 1.30 bits per heavy atom. The Morgan fingerprint density at radius 3 is 2.87 bits per heavy atom. The number of hydrogen-bond donors (Lipinski definition) is 1. The van der Waals surface area contributed by atoms with E-state index in [1.54, 1.807) is 0 Å². The van der Waals surface area contributed by atoms with Gasteiger partial charge in [0.25, 0.3) is 5.91 Å². The molecule has 2 atom stereocenters. The number of benzene rings is 1. The van der Waals surface area contributed by atoms with Crippen LogP contribution in [0.2, 0.25) is 0 Å². The standard InChI is InChI=1S/C18H26N2O2.ClH/c1-13(2)12-22-17-5-3-4-14(10-17)18(21)20-15-6-7-16(20)11-19-9-8-15;/h3-5,10,13,15-16,19H,6-9,11-12H2,1-2H3;1H.